The molecule has 8 heteroatoms. The first kappa shape index (κ1) is 22.4. The summed E-state index contributed by atoms with van der Waals surface area (Å²) in [5.74, 6) is 4.93. The van der Waals surface area contributed by atoms with E-state index in [0.29, 0.717) is 22.0 Å². The van der Waals surface area contributed by atoms with E-state index in [9.17, 15) is 18.0 Å². The van der Waals surface area contributed by atoms with Gasteiger partial charge < -0.3 is 9.84 Å². The minimum atomic E-state index is -4.37. The van der Waals surface area contributed by atoms with Crippen molar-refractivity contribution in [2.75, 3.05) is 0 Å². The number of halogens is 3. The molecule has 1 aromatic heterocycles. The zero-order valence-corrected chi connectivity index (χ0v) is 17.3. The van der Waals surface area contributed by atoms with E-state index in [1.165, 1.54) is 23.5 Å². The van der Waals surface area contributed by atoms with Gasteiger partial charge in [0.1, 0.15) is 17.4 Å². The van der Waals surface area contributed by atoms with Crippen LogP contribution in [0.25, 0.3) is 10.6 Å². The van der Waals surface area contributed by atoms with E-state index in [4.69, 9.17) is 9.84 Å². The molecule has 0 spiro atoms. The molecule has 0 saturated heterocycles. The first-order valence-corrected chi connectivity index (χ1v) is 10.1. The third-order valence-electron chi connectivity index (χ3n) is 4.38. The predicted molar refractivity (Wildman–Crippen MR) is 112 cm³/mol. The molecule has 2 aromatic carbocycles. The fourth-order valence-corrected chi connectivity index (χ4v) is 3.67. The fraction of sp³-hybridized carbons (Fsp3) is 0.217. The highest BCUT2D eigenvalue weighted by atomic mass is 32.1. The molecule has 1 heterocycles. The molecule has 0 aliphatic carbocycles. The Labute approximate surface area is 181 Å². The Balaban J connectivity index is 1.62. The largest absolute Gasteiger partial charge is 0.487 e. The number of hydrogen-bond acceptors (Lipinski definition) is 4. The highest BCUT2D eigenvalue weighted by molar-refractivity contribution is 7.13. The number of carboxylic acid groups (broad SMARTS) is 1. The van der Waals surface area contributed by atoms with Crippen LogP contribution in [0.4, 0.5) is 13.2 Å². The summed E-state index contributed by atoms with van der Waals surface area (Å²) in [5, 5.41) is 11.4. The molecule has 0 unspecified atom stereocenters. The maximum absolute atomic E-state index is 12.7. The summed E-state index contributed by atoms with van der Waals surface area (Å²) in [4.78, 5) is 15.4. The molecule has 1 N–H and O–H groups in total. The molecule has 0 aliphatic heterocycles. The summed E-state index contributed by atoms with van der Waals surface area (Å²) < 4.78 is 43.8. The molecule has 31 heavy (non-hydrogen) atoms. The van der Waals surface area contributed by atoms with Crippen LogP contribution in [0.5, 0.6) is 5.75 Å². The number of carbonyl (C=O) groups is 1. The molecule has 4 nitrogen and oxygen atoms in total. The average Bonchev–Trinajstić information content (AvgIpc) is 3.21. The van der Waals surface area contributed by atoms with Gasteiger partial charge in [0.25, 0.3) is 0 Å². The lowest BCUT2D eigenvalue weighted by Crippen LogP contribution is -2.04. The van der Waals surface area contributed by atoms with Crippen molar-refractivity contribution in [1.82, 2.24) is 4.98 Å². The van der Waals surface area contributed by atoms with E-state index in [1.54, 1.807) is 36.6 Å². The van der Waals surface area contributed by atoms with Crippen LogP contribution >= 0.6 is 11.3 Å². The van der Waals surface area contributed by atoms with Crippen LogP contribution in [0.3, 0.4) is 0 Å². The number of rotatable bonds is 7. The quantitative estimate of drug-likeness (QED) is 0.454. The first-order valence-electron chi connectivity index (χ1n) is 9.25. The average molecular weight is 445 g/mol. The summed E-state index contributed by atoms with van der Waals surface area (Å²) in [5.41, 5.74) is 1.36. The van der Waals surface area contributed by atoms with E-state index in [-0.39, 0.29) is 18.9 Å². The summed E-state index contributed by atoms with van der Waals surface area (Å²) >= 11 is 1.33. The number of nitrogens with zero attached hydrogens (tertiary/aromatic N) is 1. The standard InChI is InChI=1S/C23H18F3NO3S/c1-2-3-17(12-21(28)29)15-6-10-20(11-7-15)30-13-19-14-31-22(27-19)16-4-8-18(9-5-16)23(24,25)26/h4-11,14,17H,12-13H2,1H3,(H,28,29)/t17-/m1/s1. The van der Waals surface area contributed by atoms with Crippen molar-refractivity contribution < 1.29 is 27.8 Å². The number of aliphatic carboxylic acids is 1. The third kappa shape index (κ3) is 6.09. The van der Waals surface area contributed by atoms with Crippen LogP contribution in [0, 0.1) is 11.8 Å². The van der Waals surface area contributed by atoms with Crippen molar-refractivity contribution in [3.8, 4) is 28.2 Å². The van der Waals surface area contributed by atoms with Crippen LogP contribution < -0.4 is 4.74 Å². The molecule has 0 amide bonds. The first-order chi connectivity index (χ1) is 14.8. The predicted octanol–water partition coefficient (Wildman–Crippen LogP) is 5.99. The van der Waals surface area contributed by atoms with Gasteiger partial charge in [-0.25, -0.2) is 4.98 Å². The maximum atomic E-state index is 12.7. The molecule has 160 valence electrons. The van der Waals surface area contributed by atoms with E-state index >= 15 is 0 Å². The van der Waals surface area contributed by atoms with Gasteiger partial charge in [0.15, 0.2) is 0 Å². The summed E-state index contributed by atoms with van der Waals surface area (Å²) in [7, 11) is 0. The van der Waals surface area contributed by atoms with Gasteiger partial charge in [0, 0.05) is 10.9 Å². The van der Waals surface area contributed by atoms with Crippen molar-refractivity contribution in [3.05, 3.63) is 70.7 Å². The topological polar surface area (TPSA) is 59.4 Å². The highest BCUT2D eigenvalue weighted by Gasteiger charge is 2.30. The highest BCUT2D eigenvalue weighted by Crippen LogP contribution is 2.32. The molecular formula is C23H18F3NO3S. The second-order valence-electron chi connectivity index (χ2n) is 6.62. The molecule has 0 radical (unpaired) electrons. The molecule has 1 atom stereocenters. The minimum Gasteiger partial charge on any atom is -0.487 e. The number of benzene rings is 2. The smallest absolute Gasteiger partial charge is 0.416 e. The Morgan fingerprint density at radius 1 is 1.16 bits per heavy atom. The van der Waals surface area contributed by atoms with Gasteiger partial charge in [0.05, 0.1) is 23.6 Å². The molecule has 0 bridgehead atoms. The van der Waals surface area contributed by atoms with Crippen LogP contribution in [-0.4, -0.2) is 16.1 Å². The molecular weight excluding hydrogens is 427 g/mol. The number of ether oxygens (including phenoxy) is 1. The van der Waals surface area contributed by atoms with Gasteiger partial charge >= 0.3 is 12.1 Å². The van der Waals surface area contributed by atoms with Crippen molar-refractivity contribution in [3.63, 3.8) is 0 Å². The lowest BCUT2D eigenvalue weighted by molar-refractivity contribution is -0.138. The fourth-order valence-electron chi connectivity index (χ4n) is 2.86. The molecule has 0 saturated carbocycles. The Bertz CT molecular complexity index is 1090. The summed E-state index contributed by atoms with van der Waals surface area (Å²) in [6, 6.07) is 11.9. The van der Waals surface area contributed by atoms with Crippen molar-refractivity contribution in [2.45, 2.75) is 32.0 Å². The monoisotopic (exact) mass is 445 g/mol. The molecule has 3 rings (SSSR count). The van der Waals surface area contributed by atoms with E-state index in [2.05, 4.69) is 16.8 Å². The summed E-state index contributed by atoms with van der Waals surface area (Å²) in [6.45, 7) is 1.86. The van der Waals surface area contributed by atoms with E-state index in [0.717, 1.165) is 17.7 Å². The van der Waals surface area contributed by atoms with Gasteiger partial charge in [-0.3, -0.25) is 4.79 Å². The number of alkyl halides is 3. The van der Waals surface area contributed by atoms with Crippen LogP contribution in [0.2, 0.25) is 0 Å². The zero-order chi connectivity index (χ0) is 22.4. The second kappa shape index (κ2) is 9.67. The summed E-state index contributed by atoms with van der Waals surface area (Å²) in [6.07, 6.45) is -4.45. The van der Waals surface area contributed by atoms with Gasteiger partial charge in [-0.1, -0.05) is 30.2 Å². The van der Waals surface area contributed by atoms with Gasteiger partial charge in [-0.05, 0) is 36.8 Å². The minimum absolute atomic E-state index is 0.0768. The van der Waals surface area contributed by atoms with E-state index in [1.807, 2.05) is 0 Å². The number of carboxylic acids is 1. The number of hydrogen-bond donors (Lipinski definition) is 1. The van der Waals surface area contributed by atoms with Gasteiger partial charge in [0.2, 0.25) is 0 Å². The Morgan fingerprint density at radius 2 is 1.84 bits per heavy atom. The number of aromatic nitrogens is 1. The lowest BCUT2D eigenvalue weighted by atomic mass is 9.96. The number of thiazole rings is 1. The maximum Gasteiger partial charge on any atom is 0.416 e. The molecule has 0 aliphatic rings. The van der Waals surface area contributed by atoms with Crippen LogP contribution in [0.1, 0.15) is 36.1 Å². The van der Waals surface area contributed by atoms with Gasteiger partial charge in [-0.2, -0.15) is 13.2 Å². The lowest BCUT2D eigenvalue weighted by Gasteiger charge is -2.10. The second-order valence-corrected chi connectivity index (χ2v) is 7.48. The van der Waals surface area contributed by atoms with Crippen LogP contribution in [0.15, 0.2) is 53.9 Å². The Hall–Kier alpha value is -3.31. The Morgan fingerprint density at radius 3 is 2.42 bits per heavy atom. The van der Waals surface area contributed by atoms with Gasteiger partial charge in [-0.15, -0.1) is 17.3 Å². The molecule has 3 aromatic rings. The zero-order valence-electron chi connectivity index (χ0n) is 16.4. The van der Waals surface area contributed by atoms with Crippen molar-refractivity contribution in [1.29, 1.82) is 0 Å². The molecule has 0 fully saturated rings. The van der Waals surface area contributed by atoms with Crippen molar-refractivity contribution >= 4 is 17.3 Å². The SMILES string of the molecule is CC#C[C@H](CC(=O)O)c1ccc(OCc2csc(-c3ccc(C(F)(F)F)cc3)n2)cc1. The van der Waals surface area contributed by atoms with Crippen molar-refractivity contribution in [2.24, 2.45) is 0 Å². The normalized spacial score (nSPS) is 12.0. The van der Waals surface area contributed by atoms with Crippen LogP contribution in [-0.2, 0) is 17.6 Å². The third-order valence-corrected chi connectivity index (χ3v) is 5.32. The Kier molecular flexibility index (Phi) is 6.98. The van der Waals surface area contributed by atoms with E-state index < -0.39 is 17.7 Å².